The van der Waals surface area contributed by atoms with E-state index in [1.54, 1.807) is 12.1 Å². The average molecular weight is 312 g/mol. The maximum Gasteiger partial charge on any atom is 0.123 e. The zero-order valence-corrected chi connectivity index (χ0v) is 13.6. The van der Waals surface area contributed by atoms with Crippen LogP contribution in [-0.4, -0.2) is 17.3 Å². The third-order valence-electron chi connectivity index (χ3n) is 4.43. The van der Waals surface area contributed by atoms with Crippen LogP contribution in [0.15, 0.2) is 48.5 Å². The lowest BCUT2D eigenvalue weighted by molar-refractivity contribution is 0.0385. The fourth-order valence-electron chi connectivity index (χ4n) is 3.06. The molecule has 0 amide bonds. The molecule has 0 aromatic heterocycles. The molecule has 0 saturated carbocycles. The summed E-state index contributed by atoms with van der Waals surface area (Å²) < 4.78 is 11.9. The first-order chi connectivity index (χ1) is 11.1. The van der Waals surface area contributed by atoms with Crippen LogP contribution in [0, 0.1) is 0 Å². The summed E-state index contributed by atoms with van der Waals surface area (Å²) >= 11 is 0. The van der Waals surface area contributed by atoms with Crippen LogP contribution in [0.3, 0.4) is 0 Å². The van der Waals surface area contributed by atoms with Crippen LogP contribution in [0.25, 0.3) is 0 Å². The molecule has 1 aliphatic heterocycles. The van der Waals surface area contributed by atoms with Gasteiger partial charge in [-0.3, -0.25) is 0 Å². The van der Waals surface area contributed by atoms with Crippen LogP contribution in [0.5, 0.6) is 11.5 Å². The van der Waals surface area contributed by atoms with Gasteiger partial charge in [0.15, 0.2) is 0 Å². The number of phenolic OH excluding ortho intramolecular Hbond substituents is 1. The number of ether oxygens (including phenoxy) is 2. The minimum absolute atomic E-state index is 0.139. The van der Waals surface area contributed by atoms with Gasteiger partial charge in [-0.1, -0.05) is 30.3 Å². The molecule has 0 unspecified atom stereocenters. The second kappa shape index (κ2) is 7.05. The fourth-order valence-corrected chi connectivity index (χ4v) is 3.06. The van der Waals surface area contributed by atoms with Crippen LogP contribution in [0.1, 0.15) is 37.3 Å². The summed E-state index contributed by atoms with van der Waals surface area (Å²) in [7, 11) is 0. The van der Waals surface area contributed by atoms with E-state index >= 15 is 0 Å². The third kappa shape index (κ3) is 4.26. The molecule has 3 rings (SSSR count). The molecule has 1 aliphatic rings. The number of phenols is 1. The molecule has 2 aromatic rings. The summed E-state index contributed by atoms with van der Waals surface area (Å²) in [6.45, 7) is 3.58. The Hall–Kier alpha value is -2.00. The van der Waals surface area contributed by atoms with E-state index in [2.05, 4.69) is 19.1 Å². The van der Waals surface area contributed by atoms with Gasteiger partial charge in [-0.15, -0.1) is 0 Å². The number of fused-ring (bicyclic) bond motifs is 1. The first kappa shape index (κ1) is 15.9. The summed E-state index contributed by atoms with van der Waals surface area (Å²) in [6.07, 6.45) is 3.88. The number of rotatable bonds is 6. The molecular weight excluding hydrogens is 288 g/mol. The Morgan fingerprint density at radius 1 is 1.17 bits per heavy atom. The number of aryl methyl sites for hydroxylation is 1. The van der Waals surface area contributed by atoms with Crippen molar-refractivity contribution in [2.45, 2.75) is 44.8 Å². The Labute approximate surface area is 137 Å². The summed E-state index contributed by atoms with van der Waals surface area (Å²) in [5.74, 6) is 1.21. The average Bonchev–Trinajstić information content (AvgIpc) is 2.56. The normalized spacial score (nSPS) is 19.9. The molecule has 3 nitrogen and oxygen atoms in total. The lowest BCUT2D eigenvalue weighted by Crippen LogP contribution is -2.36. The van der Waals surface area contributed by atoms with Gasteiger partial charge >= 0.3 is 0 Å². The van der Waals surface area contributed by atoms with Gasteiger partial charge in [0.05, 0.1) is 6.61 Å². The zero-order chi connectivity index (χ0) is 16.1. The van der Waals surface area contributed by atoms with Gasteiger partial charge in [-0.2, -0.15) is 0 Å². The van der Waals surface area contributed by atoms with Gasteiger partial charge in [0.2, 0.25) is 0 Å². The highest BCUT2D eigenvalue weighted by atomic mass is 16.5. The van der Waals surface area contributed by atoms with E-state index < -0.39 is 0 Å². The highest BCUT2D eigenvalue weighted by Crippen LogP contribution is 2.37. The molecule has 0 radical (unpaired) electrons. The van der Waals surface area contributed by atoms with Crippen LogP contribution in [0.4, 0.5) is 0 Å². The van der Waals surface area contributed by atoms with Crippen molar-refractivity contribution in [2.24, 2.45) is 0 Å². The van der Waals surface area contributed by atoms with E-state index in [1.165, 1.54) is 5.56 Å². The zero-order valence-electron chi connectivity index (χ0n) is 13.6. The Kier molecular flexibility index (Phi) is 4.87. The topological polar surface area (TPSA) is 38.7 Å². The second-order valence-corrected chi connectivity index (χ2v) is 6.49. The number of hydrogen-bond acceptors (Lipinski definition) is 3. The Balaban J connectivity index is 1.44. The van der Waals surface area contributed by atoms with Crippen LogP contribution >= 0.6 is 0 Å². The van der Waals surface area contributed by atoms with Gasteiger partial charge < -0.3 is 14.6 Å². The van der Waals surface area contributed by atoms with E-state index in [0.29, 0.717) is 12.4 Å². The van der Waals surface area contributed by atoms with E-state index in [-0.39, 0.29) is 5.60 Å². The molecule has 0 spiro atoms. The first-order valence-electron chi connectivity index (χ1n) is 8.27. The molecule has 1 N–H and O–H groups in total. The Morgan fingerprint density at radius 2 is 2.00 bits per heavy atom. The monoisotopic (exact) mass is 312 g/mol. The molecule has 23 heavy (non-hydrogen) atoms. The maximum absolute atomic E-state index is 9.54. The highest BCUT2D eigenvalue weighted by molar-refractivity contribution is 5.41. The minimum Gasteiger partial charge on any atom is -0.508 e. The van der Waals surface area contributed by atoms with Crippen molar-refractivity contribution in [3.8, 4) is 11.5 Å². The molecule has 1 atom stereocenters. The van der Waals surface area contributed by atoms with E-state index in [9.17, 15) is 5.11 Å². The number of aromatic hydroxyl groups is 1. The quantitative estimate of drug-likeness (QED) is 0.800. The SMILES string of the molecule is C[C@@]1(CCCOCc2ccccc2)CCc2cc(O)ccc2O1. The van der Waals surface area contributed by atoms with Gasteiger partial charge in [0, 0.05) is 6.61 Å². The summed E-state index contributed by atoms with van der Waals surface area (Å²) in [4.78, 5) is 0. The molecule has 0 bridgehead atoms. The van der Waals surface area contributed by atoms with Gasteiger partial charge in [-0.05, 0) is 61.9 Å². The minimum atomic E-state index is -0.139. The molecular formula is C20H24O3. The van der Waals surface area contributed by atoms with Crippen LogP contribution in [0.2, 0.25) is 0 Å². The predicted molar refractivity (Wildman–Crippen MR) is 90.8 cm³/mol. The Bertz CT molecular complexity index is 639. The van der Waals surface area contributed by atoms with Crippen molar-refractivity contribution in [1.82, 2.24) is 0 Å². The van der Waals surface area contributed by atoms with Gasteiger partial charge in [0.1, 0.15) is 17.1 Å². The van der Waals surface area contributed by atoms with Crippen LogP contribution in [-0.2, 0) is 17.8 Å². The highest BCUT2D eigenvalue weighted by Gasteiger charge is 2.31. The molecule has 2 aromatic carbocycles. The first-order valence-corrected chi connectivity index (χ1v) is 8.27. The lowest BCUT2D eigenvalue weighted by atomic mass is 9.89. The standard InChI is InChI=1S/C20H24O3/c1-20(11-5-13-22-15-16-6-3-2-4-7-16)12-10-17-14-18(21)8-9-19(17)23-20/h2-4,6-9,14,21H,5,10-13,15H2,1H3/t20-/m1/s1. The van der Waals surface area contributed by atoms with E-state index in [0.717, 1.165) is 43.6 Å². The van der Waals surface area contributed by atoms with Crippen molar-refractivity contribution < 1.29 is 14.6 Å². The maximum atomic E-state index is 9.54. The summed E-state index contributed by atoms with van der Waals surface area (Å²) in [6, 6.07) is 15.6. The van der Waals surface area contributed by atoms with E-state index in [4.69, 9.17) is 9.47 Å². The van der Waals surface area contributed by atoms with E-state index in [1.807, 2.05) is 24.3 Å². The van der Waals surface area contributed by atoms with Crippen molar-refractivity contribution in [2.75, 3.05) is 6.61 Å². The molecule has 122 valence electrons. The second-order valence-electron chi connectivity index (χ2n) is 6.49. The molecule has 1 heterocycles. The number of hydrogen-bond donors (Lipinski definition) is 1. The smallest absolute Gasteiger partial charge is 0.123 e. The van der Waals surface area contributed by atoms with Crippen molar-refractivity contribution in [3.05, 3.63) is 59.7 Å². The van der Waals surface area contributed by atoms with Crippen molar-refractivity contribution >= 4 is 0 Å². The molecule has 0 aliphatic carbocycles. The summed E-state index contributed by atoms with van der Waals surface area (Å²) in [5, 5.41) is 9.54. The van der Waals surface area contributed by atoms with Crippen molar-refractivity contribution in [3.63, 3.8) is 0 Å². The Morgan fingerprint density at radius 3 is 2.83 bits per heavy atom. The van der Waals surface area contributed by atoms with Crippen LogP contribution < -0.4 is 4.74 Å². The largest absolute Gasteiger partial charge is 0.508 e. The lowest BCUT2D eigenvalue weighted by Gasteiger charge is -2.36. The third-order valence-corrected chi connectivity index (χ3v) is 4.43. The van der Waals surface area contributed by atoms with Crippen molar-refractivity contribution in [1.29, 1.82) is 0 Å². The molecule has 0 saturated heterocycles. The number of benzene rings is 2. The van der Waals surface area contributed by atoms with Gasteiger partial charge in [-0.25, -0.2) is 0 Å². The predicted octanol–water partition coefficient (Wildman–Crippen LogP) is 4.47. The van der Waals surface area contributed by atoms with Gasteiger partial charge in [0.25, 0.3) is 0 Å². The summed E-state index contributed by atoms with van der Waals surface area (Å²) in [5.41, 5.74) is 2.17. The fraction of sp³-hybridized carbons (Fsp3) is 0.400. The molecule has 0 fully saturated rings. The molecule has 3 heteroatoms.